The lowest BCUT2D eigenvalue weighted by Crippen LogP contribution is -2.29. The van der Waals surface area contributed by atoms with E-state index in [0.29, 0.717) is 24.1 Å². The highest BCUT2D eigenvalue weighted by Crippen LogP contribution is 2.18. The minimum absolute atomic E-state index is 0.121. The lowest BCUT2D eigenvalue weighted by Gasteiger charge is -2.18. The average molecular weight is 344 g/mol. The summed E-state index contributed by atoms with van der Waals surface area (Å²) in [5.74, 6) is 1.05. The van der Waals surface area contributed by atoms with Crippen molar-refractivity contribution >= 4 is 23.3 Å². The zero-order chi connectivity index (χ0) is 16.8. The fourth-order valence-electron chi connectivity index (χ4n) is 2.08. The van der Waals surface area contributed by atoms with Gasteiger partial charge in [0.2, 0.25) is 11.8 Å². The number of hydrogen-bond acceptors (Lipinski definition) is 7. The Balaban J connectivity index is 1.68. The number of thiazole rings is 1. The molecule has 0 radical (unpaired) electrons. The molecular formula is C16H16N4O3S. The minimum Gasteiger partial charge on any atom is -0.459 e. The van der Waals surface area contributed by atoms with Crippen LogP contribution in [0.25, 0.3) is 17.7 Å². The summed E-state index contributed by atoms with van der Waals surface area (Å²) in [7, 11) is 0. The van der Waals surface area contributed by atoms with Crippen LogP contribution in [0.15, 0.2) is 44.9 Å². The SMILES string of the molecule is CCCN(Cc1nnc(-c2ccco2)o1)C(=O)/C=C/c1nccs1. The third-order valence-electron chi connectivity index (χ3n) is 3.15. The third-order valence-corrected chi connectivity index (χ3v) is 3.89. The number of nitrogens with zero attached hydrogens (tertiary/aromatic N) is 4. The second kappa shape index (κ2) is 7.69. The summed E-state index contributed by atoms with van der Waals surface area (Å²) in [5.41, 5.74) is 0. The topological polar surface area (TPSA) is 85.3 Å². The predicted molar refractivity (Wildman–Crippen MR) is 88.9 cm³/mol. The summed E-state index contributed by atoms with van der Waals surface area (Å²) in [6.45, 7) is 2.86. The van der Waals surface area contributed by atoms with E-state index in [1.807, 2.05) is 12.3 Å². The summed E-state index contributed by atoms with van der Waals surface area (Å²) < 4.78 is 10.8. The molecular weight excluding hydrogens is 328 g/mol. The summed E-state index contributed by atoms with van der Waals surface area (Å²) in [6, 6.07) is 3.48. The van der Waals surface area contributed by atoms with E-state index in [2.05, 4.69) is 15.2 Å². The summed E-state index contributed by atoms with van der Waals surface area (Å²) in [6.07, 6.45) is 7.29. The van der Waals surface area contributed by atoms with E-state index in [9.17, 15) is 4.79 Å². The lowest BCUT2D eigenvalue weighted by molar-refractivity contribution is -0.126. The number of carbonyl (C=O) groups excluding carboxylic acids is 1. The molecule has 3 heterocycles. The quantitative estimate of drug-likeness (QED) is 0.612. The fourth-order valence-corrected chi connectivity index (χ4v) is 2.61. The molecule has 124 valence electrons. The zero-order valence-corrected chi connectivity index (χ0v) is 13.9. The molecule has 1 amide bonds. The number of aromatic nitrogens is 3. The van der Waals surface area contributed by atoms with Crippen molar-refractivity contribution in [3.05, 3.63) is 46.9 Å². The average Bonchev–Trinajstić information content (AvgIpc) is 3.33. The van der Waals surface area contributed by atoms with Gasteiger partial charge in [0, 0.05) is 24.2 Å². The van der Waals surface area contributed by atoms with E-state index in [0.717, 1.165) is 11.4 Å². The predicted octanol–water partition coefficient (Wildman–Crippen LogP) is 3.24. The maximum absolute atomic E-state index is 12.4. The molecule has 0 atom stereocenters. The van der Waals surface area contributed by atoms with Gasteiger partial charge in [0.15, 0.2) is 5.76 Å². The maximum Gasteiger partial charge on any atom is 0.283 e. The molecule has 0 saturated carbocycles. The highest BCUT2D eigenvalue weighted by Gasteiger charge is 2.16. The Morgan fingerprint density at radius 3 is 3.04 bits per heavy atom. The van der Waals surface area contributed by atoms with E-state index >= 15 is 0 Å². The first kappa shape index (κ1) is 16.1. The lowest BCUT2D eigenvalue weighted by atomic mass is 10.3. The van der Waals surface area contributed by atoms with Crippen LogP contribution in [0.4, 0.5) is 0 Å². The van der Waals surface area contributed by atoms with Crippen LogP contribution >= 0.6 is 11.3 Å². The van der Waals surface area contributed by atoms with Gasteiger partial charge in [0.05, 0.1) is 12.8 Å². The first-order valence-electron chi connectivity index (χ1n) is 7.49. The normalized spacial score (nSPS) is 11.2. The van der Waals surface area contributed by atoms with Crippen LogP contribution in [-0.2, 0) is 11.3 Å². The molecule has 3 rings (SSSR count). The van der Waals surface area contributed by atoms with Crippen LogP contribution in [0, 0.1) is 0 Å². The van der Waals surface area contributed by atoms with Crippen LogP contribution < -0.4 is 0 Å². The zero-order valence-electron chi connectivity index (χ0n) is 13.1. The summed E-state index contributed by atoms with van der Waals surface area (Å²) >= 11 is 1.48. The fraction of sp³-hybridized carbons (Fsp3) is 0.250. The van der Waals surface area contributed by atoms with Crippen molar-refractivity contribution in [2.24, 2.45) is 0 Å². The number of hydrogen-bond donors (Lipinski definition) is 0. The van der Waals surface area contributed by atoms with Gasteiger partial charge in [0.25, 0.3) is 5.89 Å². The van der Waals surface area contributed by atoms with Crippen molar-refractivity contribution in [1.29, 1.82) is 0 Å². The molecule has 0 fully saturated rings. The van der Waals surface area contributed by atoms with Crippen molar-refractivity contribution in [3.63, 3.8) is 0 Å². The molecule has 24 heavy (non-hydrogen) atoms. The molecule has 0 aliphatic carbocycles. The van der Waals surface area contributed by atoms with Crippen molar-refractivity contribution in [2.75, 3.05) is 6.54 Å². The van der Waals surface area contributed by atoms with Gasteiger partial charge in [-0.25, -0.2) is 4.98 Å². The van der Waals surface area contributed by atoms with Crippen molar-refractivity contribution in [3.8, 4) is 11.7 Å². The molecule has 0 saturated heterocycles. The van der Waals surface area contributed by atoms with Gasteiger partial charge in [-0.15, -0.1) is 21.5 Å². The minimum atomic E-state index is -0.121. The molecule has 0 bridgehead atoms. The Bertz CT molecular complexity index is 793. The number of amides is 1. The Kier molecular flexibility index (Phi) is 5.17. The van der Waals surface area contributed by atoms with E-state index in [1.54, 1.807) is 29.3 Å². The molecule has 0 spiro atoms. The highest BCUT2D eigenvalue weighted by molar-refractivity contribution is 7.10. The van der Waals surface area contributed by atoms with Gasteiger partial charge in [-0.1, -0.05) is 6.92 Å². The second-order valence-electron chi connectivity index (χ2n) is 4.94. The molecule has 8 heteroatoms. The number of furan rings is 1. The number of carbonyl (C=O) groups is 1. The number of rotatable bonds is 7. The van der Waals surface area contributed by atoms with E-state index in [-0.39, 0.29) is 12.5 Å². The smallest absolute Gasteiger partial charge is 0.283 e. The van der Waals surface area contributed by atoms with Crippen LogP contribution in [0.3, 0.4) is 0 Å². The highest BCUT2D eigenvalue weighted by atomic mass is 32.1. The van der Waals surface area contributed by atoms with E-state index in [1.165, 1.54) is 23.7 Å². The Hall–Kier alpha value is -2.74. The largest absolute Gasteiger partial charge is 0.459 e. The van der Waals surface area contributed by atoms with E-state index < -0.39 is 0 Å². The van der Waals surface area contributed by atoms with Gasteiger partial charge in [-0.05, 0) is 24.6 Å². The molecule has 3 aromatic heterocycles. The standard InChI is InChI=1S/C16H16N4O3S/c1-2-8-20(15(21)6-5-14-17-7-10-24-14)11-13-18-19-16(23-13)12-4-3-9-22-12/h3-7,9-10H,2,8,11H2,1H3/b6-5+. The molecule has 0 aliphatic rings. The van der Waals surface area contributed by atoms with Crippen molar-refractivity contribution in [2.45, 2.75) is 19.9 Å². The van der Waals surface area contributed by atoms with Crippen molar-refractivity contribution in [1.82, 2.24) is 20.1 Å². The molecule has 0 N–H and O–H groups in total. The van der Waals surface area contributed by atoms with E-state index in [4.69, 9.17) is 8.83 Å². The van der Waals surface area contributed by atoms with Crippen LogP contribution in [-0.4, -0.2) is 32.5 Å². The summed E-state index contributed by atoms with van der Waals surface area (Å²) in [5, 5.41) is 10.6. The Morgan fingerprint density at radius 2 is 2.33 bits per heavy atom. The third kappa shape index (κ3) is 3.96. The second-order valence-corrected chi connectivity index (χ2v) is 5.87. The van der Waals surface area contributed by atoms with Gasteiger partial charge >= 0.3 is 0 Å². The van der Waals surface area contributed by atoms with Crippen LogP contribution in [0.5, 0.6) is 0 Å². The monoisotopic (exact) mass is 344 g/mol. The van der Waals surface area contributed by atoms with Gasteiger partial charge in [-0.3, -0.25) is 4.79 Å². The molecule has 0 aromatic carbocycles. The summed E-state index contributed by atoms with van der Waals surface area (Å²) in [4.78, 5) is 18.2. The Morgan fingerprint density at radius 1 is 1.42 bits per heavy atom. The first-order valence-corrected chi connectivity index (χ1v) is 8.37. The van der Waals surface area contributed by atoms with Crippen molar-refractivity contribution < 1.29 is 13.6 Å². The molecule has 7 nitrogen and oxygen atoms in total. The van der Waals surface area contributed by atoms with Gasteiger partial charge < -0.3 is 13.7 Å². The van der Waals surface area contributed by atoms with Gasteiger partial charge in [-0.2, -0.15) is 0 Å². The molecule has 0 unspecified atom stereocenters. The Labute approximate surface area is 142 Å². The van der Waals surface area contributed by atoms with Gasteiger partial charge in [0.1, 0.15) is 5.01 Å². The first-order chi connectivity index (χ1) is 11.8. The maximum atomic E-state index is 12.4. The molecule has 0 aliphatic heterocycles. The molecule has 3 aromatic rings. The van der Waals surface area contributed by atoms with Crippen LogP contribution in [0.2, 0.25) is 0 Å². The van der Waals surface area contributed by atoms with Crippen LogP contribution in [0.1, 0.15) is 24.2 Å².